The number of nitrogens with zero attached hydrogens (tertiary/aromatic N) is 5. The molecule has 3 aliphatic rings. The van der Waals surface area contributed by atoms with E-state index < -0.39 is 0 Å². The van der Waals surface area contributed by atoms with E-state index in [2.05, 4.69) is 29.0 Å². The molecule has 1 amide bonds. The lowest BCUT2D eigenvalue weighted by Crippen LogP contribution is -2.39. The van der Waals surface area contributed by atoms with Crippen LogP contribution in [0.4, 0.5) is 0 Å². The topological polar surface area (TPSA) is 75.4 Å². The second-order valence-corrected chi connectivity index (χ2v) is 9.04. The SMILES string of the molecule is C[C@H]1CCc2onc(C(=O)N3CCC(c4ncc5c(n4)CCN(C)C5)CC3)c2C1. The molecule has 2 aromatic heterocycles. The van der Waals surface area contributed by atoms with Crippen molar-refractivity contribution in [1.29, 1.82) is 0 Å². The molecule has 1 fully saturated rings. The van der Waals surface area contributed by atoms with Crippen LogP contribution in [0.15, 0.2) is 10.7 Å². The average Bonchev–Trinajstić information content (AvgIpc) is 3.16. The number of rotatable bonds is 2. The van der Waals surface area contributed by atoms with E-state index in [1.807, 2.05) is 11.1 Å². The first kappa shape index (κ1) is 18.7. The maximum atomic E-state index is 13.1. The molecule has 0 N–H and O–H groups in total. The second kappa shape index (κ2) is 7.52. The Labute approximate surface area is 171 Å². The Morgan fingerprint density at radius 3 is 2.83 bits per heavy atom. The van der Waals surface area contributed by atoms with E-state index in [4.69, 9.17) is 9.51 Å². The lowest BCUT2D eigenvalue weighted by molar-refractivity contribution is 0.0699. The Kier molecular flexibility index (Phi) is 4.86. The Morgan fingerprint density at radius 2 is 2.00 bits per heavy atom. The van der Waals surface area contributed by atoms with Crippen molar-refractivity contribution in [2.24, 2.45) is 5.92 Å². The molecule has 0 unspecified atom stereocenters. The summed E-state index contributed by atoms with van der Waals surface area (Å²) in [5.74, 6) is 2.80. The number of carbonyl (C=O) groups is 1. The predicted molar refractivity (Wildman–Crippen MR) is 108 cm³/mol. The van der Waals surface area contributed by atoms with E-state index in [1.165, 1.54) is 11.3 Å². The van der Waals surface area contributed by atoms with Gasteiger partial charge in [0.05, 0.1) is 0 Å². The van der Waals surface area contributed by atoms with Gasteiger partial charge in [-0.25, -0.2) is 9.97 Å². The molecule has 1 aliphatic carbocycles. The number of piperidine rings is 1. The summed E-state index contributed by atoms with van der Waals surface area (Å²) in [7, 11) is 2.14. The zero-order valence-electron chi connectivity index (χ0n) is 17.4. The van der Waals surface area contributed by atoms with Crippen molar-refractivity contribution in [2.75, 3.05) is 26.7 Å². The van der Waals surface area contributed by atoms with E-state index in [1.54, 1.807) is 0 Å². The maximum absolute atomic E-state index is 13.1. The zero-order valence-corrected chi connectivity index (χ0v) is 17.4. The van der Waals surface area contributed by atoms with Crippen molar-refractivity contribution in [3.05, 3.63) is 40.3 Å². The van der Waals surface area contributed by atoms with Crippen molar-refractivity contribution in [3.8, 4) is 0 Å². The van der Waals surface area contributed by atoms with Gasteiger partial charge in [-0.1, -0.05) is 12.1 Å². The van der Waals surface area contributed by atoms with Crippen LogP contribution in [0.3, 0.4) is 0 Å². The van der Waals surface area contributed by atoms with Crippen LogP contribution >= 0.6 is 0 Å². The normalized spacial score (nSPS) is 23.0. The lowest BCUT2D eigenvalue weighted by Gasteiger charge is -2.32. The van der Waals surface area contributed by atoms with Gasteiger partial charge in [-0.05, 0) is 38.6 Å². The third kappa shape index (κ3) is 3.56. The average molecular weight is 396 g/mol. The minimum Gasteiger partial charge on any atom is -0.360 e. The van der Waals surface area contributed by atoms with Crippen LogP contribution in [0.5, 0.6) is 0 Å². The van der Waals surface area contributed by atoms with Crippen LogP contribution in [-0.4, -0.2) is 57.5 Å². The molecule has 4 heterocycles. The van der Waals surface area contributed by atoms with Crippen molar-refractivity contribution in [1.82, 2.24) is 24.9 Å². The van der Waals surface area contributed by atoms with Crippen molar-refractivity contribution >= 4 is 5.91 Å². The van der Waals surface area contributed by atoms with E-state index in [-0.39, 0.29) is 5.91 Å². The van der Waals surface area contributed by atoms with Crippen molar-refractivity contribution < 1.29 is 9.32 Å². The summed E-state index contributed by atoms with van der Waals surface area (Å²) >= 11 is 0. The molecule has 2 aromatic rings. The molecule has 154 valence electrons. The number of hydrogen-bond donors (Lipinski definition) is 0. The molecule has 0 aromatic carbocycles. The first-order chi connectivity index (χ1) is 14.1. The summed E-state index contributed by atoms with van der Waals surface area (Å²) in [5, 5.41) is 4.14. The van der Waals surface area contributed by atoms with E-state index >= 15 is 0 Å². The van der Waals surface area contributed by atoms with Crippen molar-refractivity contribution in [3.63, 3.8) is 0 Å². The minimum absolute atomic E-state index is 0.0250. The molecule has 1 saturated heterocycles. The highest BCUT2D eigenvalue weighted by Crippen LogP contribution is 2.31. The maximum Gasteiger partial charge on any atom is 0.276 e. The Bertz CT molecular complexity index is 916. The standard InChI is InChI=1S/C22H29N5O2/c1-14-3-4-19-17(11-14)20(25-29-19)22(28)27-9-5-15(6-10-27)21-23-12-16-13-26(2)8-7-18(16)24-21/h12,14-15H,3-11,13H2,1-2H3/t14-/m0/s1. The van der Waals surface area contributed by atoms with Crippen LogP contribution < -0.4 is 0 Å². The van der Waals surface area contributed by atoms with Crippen LogP contribution in [0.25, 0.3) is 0 Å². The number of likely N-dealkylation sites (N-methyl/N-ethyl adjacent to an activating group) is 1. The first-order valence-electron chi connectivity index (χ1n) is 10.9. The first-order valence-corrected chi connectivity index (χ1v) is 10.9. The summed E-state index contributed by atoms with van der Waals surface area (Å²) in [6, 6.07) is 0. The van der Waals surface area contributed by atoms with Gasteiger partial charge >= 0.3 is 0 Å². The van der Waals surface area contributed by atoms with Gasteiger partial charge in [-0.2, -0.15) is 0 Å². The van der Waals surface area contributed by atoms with Crippen molar-refractivity contribution in [2.45, 2.75) is 57.9 Å². The molecule has 7 nitrogen and oxygen atoms in total. The molecule has 0 saturated carbocycles. The van der Waals surface area contributed by atoms with Crippen LogP contribution in [0.2, 0.25) is 0 Å². The number of aryl methyl sites for hydroxylation is 1. The van der Waals surface area contributed by atoms with Crippen LogP contribution in [0, 0.1) is 5.92 Å². The molecule has 7 heteroatoms. The van der Waals surface area contributed by atoms with E-state index in [9.17, 15) is 4.79 Å². The highest BCUT2D eigenvalue weighted by Gasteiger charge is 2.32. The number of fused-ring (bicyclic) bond motifs is 2. The third-order valence-corrected chi connectivity index (χ3v) is 6.78. The Hall–Kier alpha value is -2.28. The molecule has 5 rings (SSSR count). The number of aromatic nitrogens is 3. The largest absolute Gasteiger partial charge is 0.360 e. The van der Waals surface area contributed by atoms with Gasteiger partial charge in [0.25, 0.3) is 5.91 Å². The van der Waals surface area contributed by atoms with Gasteiger partial charge in [-0.3, -0.25) is 4.79 Å². The molecule has 1 atom stereocenters. The van der Waals surface area contributed by atoms with Gasteiger partial charge in [0.15, 0.2) is 5.69 Å². The smallest absolute Gasteiger partial charge is 0.276 e. The van der Waals surface area contributed by atoms with E-state index in [0.717, 1.165) is 81.9 Å². The summed E-state index contributed by atoms with van der Waals surface area (Å²) < 4.78 is 5.48. The highest BCUT2D eigenvalue weighted by atomic mass is 16.5. The molecule has 29 heavy (non-hydrogen) atoms. The molecule has 0 spiro atoms. The van der Waals surface area contributed by atoms with Gasteiger partial charge in [-0.15, -0.1) is 0 Å². The minimum atomic E-state index is 0.0250. The van der Waals surface area contributed by atoms with Gasteiger partial charge in [0.2, 0.25) is 0 Å². The summed E-state index contributed by atoms with van der Waals surface area (Å²) in [6.07, 6.45) is 7.71. The third-order valence-electron chi connectivity index (χ3n) is 6.78. The number of carbonyl (C=O) groups excluding carboxylic acids is 1. The monoisotopic (exact) mass is 395 g/mol. The molecule has 0 radical (unpaired) electrons. The summed E-state index contributed by atoms with van der Waals surface area (Å²) in [4.78, 5) is 26.9. The Morgan fingerprint density at radius 1 is 1.17 bits per heavy atom. The highest BCUT2D eigenvalue weighted by molar-refractivity contribution is 5.94. The molecule has 0 bridgehead atoms. The molecule has 2 aliphatic heterocycles. The summed E-state index contributed by atoms with van der Waals surface area (Å²) in [6.45, 7) is 5.67. The quantitative estimate of drug-likeness (QED) is 0.778. The lowest BCUT2D eigenvalue weighted by atomic mass is 9.88. The van der Waals surface area contributed by atoms with Crippen LogP contribution in [-0.2, 0) is 25.8 Å². The summed E-state index contributed by atoms with van der Waals surface area (Å²) in [5.41, 5.74) is 4.04. The van der Waals surface area contributed by atoms with Crippen LogP contribution in [0.1, 0.15) is 71.0 Å². The fourth-order valence-electron chi connectivity index (χ4n) is 4.91. The van der Waals surface area contributed by atoms with Gasteiger partial charge in [0.1, 0.15) is 11.6 Å². The number of hydrogen-bond acceptors (Lipinski definition) is 6. The molecular weight excluding hydrogens is 366 g/mol. The fraction of sp³-hybridized carbons (Fsp3) is 0.636. The fourth-order valence-corrected chi connectivity index (χ4v) is 4.91. The second-order valence-electron chi connectivity index (χ2n) is 9.04. The van der Waals surface area contributed by atoms with Gasteiger partial charge < -0.3 is 14.3 Å². The van der Waals surface area contributed by atoms with E-state index in [0.29, 0.717) is 17.5 Å². The number of likely N-dealkylation sites (tertiary alicyclic amines) is 1. The number of amides is 1. The molecular formula is C22H29N5O2. The predicted octanol–water partition coefficient (Wildman–Crippen LogP) is 2.60. The van der Waals surface area contributed by atoms with Gasteiger partial charge in [0, 0.05) is 68.0 Å². The zero-order chi connectivity index (χ0) is 20.0. The Balaban J connectivity index is 1.25.